The van der Waals surface area contributed by atoms with Crippen LogP contribution in [0.25, 0.3) is 0 Å². The van der Waals surface area contributed by atoms with Gasteiger partial charge in [-0.05, 0) is 50.6 Å². The van der Waals surface area contributed by atoms with Crippen LogP contribution in [0.15, 0.2) is 0 Å². The first-order chi connectivity index (χ1) is 7.45. The molecule has 5 heteroatoms. The van der Waals surface area contributed by atoms with Crippen LogP contribution < -0.4 is 10.6 Å². The van der Waals surface area contributed by atoms with E-state index in [4.69, 9.17) is 4.74 Å². The van der Waals surface area contributed by atoms with Gasteiger partial charge in [-0.2, -0.15) is 0 Å². The minimum Gasteiger partial charge on any atom is -0.381 e. The average Bonchev–Trinajstić information content (AvgIpc) is 2.32. The number of rotatable bonds is 4. The van der Waals surface area contributed by atoms with Gasteiger partial charge in [0.1, 0.15) is 0 Å². The largest absolute Gasteiger partial charge is 0.381 e. The summed E-state index contributed by atoms with van der Waals surface area (Å²) < 4.78 is 5.83. The van der Waals surface area contributed by atoms with Gasteiger partial charge in [-0.15, -0.1) is 24.8 Å². The molecule has 3 nitrogen and oxygen atoms in total. The van der Waals surface area contributed by atoms with E-state index < -0.39 is 0 Å². The zero-order valence-electron chi connectivity index (χ0n) is 10.5. The second kappa shape index (κ2) is 10.4. The second-order valence-corrected chi connectivity index (χ2v) is 4.96. The number of halogens is 2. The molecular formula is C12H26Cl2N2O. The second-order valence-electron chi connectivity index (χ2n) is 4.96. The van der Waals surface area contributed by atoms with Gasteiger partial charge in [0.05, 0.1) is 13.2 Å². The summed E-state index contributed by atoms with van der Waals surface area (Å²) in [5, 5.41) is 6.86. The van der Waals surface area contributed by atoms with Crippen molar-refractivity contribution in [2.75, 3.05) is 39.4 Å². The zero-order chi connectivity index (χ0) is 10.3. The molecule has 2 unspecified atom stereocenters. The molecule has 0 aromatic carbocycles. The Bertz CT molecular complexity index is 154. The zero-order valence-corrected chi connectivity index (χ0v) is 12.1. The van der Waals surface area contributed by atoms with Gasteiger partial charge in [-0.1, -0.05) is 0 Å². The molecule has 0 bridgehead atoms. The molecule has 17 heavy (non-hydrogen) atoms. The Morgan fingerprint density at radius 2 is 1.29 bits per heavy atom. The lowest BCUT2D eigenvalue weighted by atomic mass is 9.99. The molecule has 104 valence electrons. The Labute approximate surface area is 117 Å². The van der Waals surface area contributed by atoms with E-state index in [9.17, 15) is 0 Å². The summed E-state index contributed by atoms with van der Waals surface area (Å²) in [4.78, 5) is 0. The maximum atomic E-state index is 5.83. The Morgan fingerprint density at radius 1 is 0.824 bits per heavy atom. The summed E-state index contributed by atoms with van der Waals surface area (Å²) in [6.45, 7) is 6.63. The lowest BCUT2D eigenvalue weighted by molar-refractivity contribution is 0.0576. The van der Waals surface area contributed by atoms with Crippen molar-refractivity contribution in [1.82, 2.24) is 10.6 Å². The van der Waals surface area contributed by atoms with E-state index in [1.165, 1.54) is 38.8 Å². The Balaban J connectivity index is 0.00000128. The maximum Gasteiger partial charge on any atom is 0.0506 e. The summed E-state index contributed by atoms with van der Waals surface area (Å²) in [5.41, 5.74) is 0. The molecule has 2 heterocycles. The Kier molecular flexibility index (Phi) is 10.7. The van der Waals surface area contributed by atoms with Crippen LogP contribution in [0.1, 0.15) is 25.7 Å². The molecule has 2 fully saturated rings. The molecular weight excluding hydrogens is 259 g/mol. The highest BCUT2D eigenvalue weighted by Gasteiger charge is 2.16. The molecule has 0 aromatic heterocycles. The van der Waals surface area contributed by atoms with Gasteiger partial charge >= 0.3 is 0 Å². The van der Waals surface area contributed by atoms with Crippen molar-refractivity contribution in [3.05, 3.63) is 0 Å². The van der Waals surface area contributed by atoms with Crippen molar-refractivity contribution in [2.45, 2.75) is 25.7 Å². The van der Waals surface area contributed by atoms with Crippen molar-refractivity contribution in [2.24, 2.45) is 11.8 Å². The first kappa shape index (κ1) is 17.5. The van der Waals surface area contributed by atoms with Gasteiger partial charge in [0.25, 0.3) is 0 Å². The van der Waals surface area contributed by atoms with Crippen molar-refractivity contribution < 1.29 is 4.74 Å². The van der Waals surface area contributed by atoms with E-state index in [2.05, 4.69) is 10.6 Å². The molecule has 2 saturated heterocycles. The molecule has 2 atom stereocenters. The van der Waals surface area contributed by atoms with Gasteiger partial charge in [-0.3, -0.25) is 0 Å². The molecule has 2 aliphatic rings. The average molecular weight is 285 g/mol. The normalized spacial score (nSPS) is 28.9. The van der Waals surface area contributed by atoms with Crippen LogP contribution in [0.4, 0.5) is 0 Å². The monoisotopic (exact) mass is 284 g/mol. The summed E-state index contributed by atoms with van der Waals surface area (Å²) in [7, 11) is 0. The quantitative estimate of drug-likeness (QED) is 0.827. The minimum atomic E-state index is 0. The van der Waals surface area contributed by atoms with Crippen molar-refractivity contribution in [3.8, 4) is 0 Å². The molecule has 2 rings (SSSR count). The molecule has 2 aliphatic heterocycles. The van der Waals surface area contributed by atoms with Crippen LogP contribution >= 0.6 is 24.8 Å². The fourth-order valence-electron chi connectivity index (χ4n) is 2.53. The first-order valence-corrected chi connectivity index (χ1v) is 6.44. The molecule has 0 aromatic rings. The number of piperidine rings is 2. The smallest absolute Gasteiger partial charge is 0.0506 e. The maximum absolute atomic E-state index is 5.83. The number of hydrogen-bond acceptors (Lipinski definition) is 3. The summed E-state index contributed by atoms with van der Waals surface area (Å²) >= 11 is 0. The van der Waals surface area contributed by atoms with E-state index in [0.29, 0.717) is 0 Å². The molecule has 0 amide bonds. The van der Waals surface area contributed by atoms with E-state index in [-0.39, 0.29) is 24.8 Å². The van der Waals surface area contributed by atoms with Crippen LogP contribution in [0.2, 0.25) is 0 Å². The summed E-state index contributed by atoms with van der Waals surface area (Å²) in [5.74, 6) is 1.52. The number of ether oxygens (including phenoxy) is 1. The molecule has 0 radical (unpaired) electrons. The third-order valence-electron chi connectivity index (χ3n) is 3.50. The highest BCUT2D eigenvalue weighted by molar-refractivity contribution is 5.85. The van der Waals surface area contributed by atoms with Gasteiger partial charge in [0.2, 0.25) is 0 Å². The first-order valence-electron chi connectivity index (χ1n) is 6.44. The Morgan fingerprint density at radius 3 is 1.65 bits per heavy atom. The van der Waals surface area contributed by atoms with Crippen molar-refractivity contribution in [1.29, 1.82) is 0 Å². The van der Waals surface area contributed by atoms with E-state index >= 15 is 0 Å². The SMILES string of the molecule is C1CNCC(COCC2CCCNC2)C1.Cl.Cl. The van der Waals surface area contributed by atoms with Gasteiger partial charge < -0.3 is 15.4 Å². The van der Waals surface area contributed by atoms with Gasteiger partial charge in [0.15, 0.2) is 0 Å². The Hall–Kier alpha value is 0.460. The minimum absolute atomic E-state index is 0. The lowest BCUT2D eigenvalue weighted by Crippen LogP contribution is -2.35. The van der Waals surface area contributed by atoms with Crippen LogP contribution in [-0.2, 0) is 4.74 Å². The predicted octanol–water partition coefficient (Wildman–Crippen LogP) is 1.85. The summed E-state index contributed by atoms with van der Waals surface area (Å²) in [6.07, 6.45) is 5.32. The fourth-order valence-corrected chi connectivity index (χ4v) is 2.53. The highest BCUT2D eigenvalue weighted by Crippen LogP contribution is 2.13. The third kappa shape index (κ3) is 6.82. The van der Waals surface area contributed by atoms with Crippen LogP contribution in [-0.4, -0.2) is 39.4 Å². The highest BCUT2D eigenvalue weighted by atomic mass is 35.5. The number of hydrogen-bond donors (Lipinski definition) is 2. The lowest BCUT2D eigenvalue weighted by Gasteiger charge is -2.25. The molecule has 0 aliphatic carbocycles. The van der Waals surface area contributed by atoms with Gasteiger partial charge in [-0.25, -0.2) is 0 Å². The van der Waals surface area contributed by atoms with Crippen LogP contribution in [0.3, 0.4) is 0 Å². The van der Waals surface area contributed by atoms with Gasteiger partial charge in [0, 0.05) is 13.1 Å². The number of nitrogens with one attached hydrogen (secondary N) is 2. The predicted molar refractivity (Wildman–Crippen MR) is 76.5 cm³/mol. The third-order valence-corrected chi connectivity index (χ3v) is 3.50. The summed E-state index contributed by atoms with van der Waals surface area (Å²) in [6, 6.07) is 0. The van der Waals surface area contributed by atoms with Crippen molar-refractivity contribution in [3.63, 3.8) is 0 Å². The standard InChI is InChI=1S/C12H24N2O.2ClH/c1-3-11(7-13-5-1)9-15-10-12-4-2-6-14-8-12;;/h11-14H,1-10H2;2*1H. The van der Waals surface area contributed by atoms with Crippen LogP contribution in [0.5, 0.6) is 0 Å². The van der Waals surface area contributed by atoms with Crippen molar-refractivity contribution >= 4 is 24.8 Å². The molecule has 0 spiro atoms. The van der Waals surface area contributed by atoms with Crippen LogP contribution in [0, 0.1) is 11.8 Å². The molecule has 2 N–H and O–H groups in total. The van der Waals surface area contributed by atoms with E-state index in [0.717, 1.165) is 38.1 Å². The fraction of sp³-hybridized carbons (Fsp3) is 1.00. The topological polar surface area (TPSA) is 33.3 Å². The van der Waals surface area contributed by atoms with E-state index in [1.54, 1.807) is 0 Å². The van der Waals surface area contributed by atoms with E-state index in [1.807, 2.05) is 0 Å². The molecule has 0 saturated carbocycles.